The lowest BCUT2D eigenvalue weighted by atomic mass is 9.92. The lowest BCUT2D eigenvalue weighted by Crippen LogP contribution is -2.43. The van der Waals surface area contributed by atoms with Crippen LogP contribution in [-0.4, -0.2) is 66.5 Å². The Hall–Kier alpha value is -3.90. The summed E-state index contributed by atoms with van der Waals surface area (Å²) in [6.45, 7) is -0.289. The fraction of sp³-hybridized carbons (Fsp3) is 0.414. The van der Waals surface area contributed by atoms with Gasteiger partial charge in [0.1, 0.15) is 47.7 Å². The van der Waals surface area contributed by atoms with Crippen molar-refractivity contribution in [3.8, 4) is 23.2 Å². The number of hydrogen-bond acceptors (Lipinski definition) is 8. The predicted octanol–water partition coefficient (Wildman–Crippen LogP) is 6.62. The molecule has 2 fully saturated rings. The molecule has 44 heavy (non-hydrogen) atoms. The molecule has 7 nitrogen and oxygen atoms in total. The van der Waals surface area contributed by atoms with E-state index in [0.717, 1.165) is 18.6 Å². The summed E-state index contributed by atoms with van der Waals surface area (Å²) in [6.07, 6.45) is -4.49. The number of nitrogens with zero attached hydrogens (tertiary/aromatic N) is 5. The number of ether oxygens (including phenoxy) is 1. The average molecular weight is 639 g/mol. The van der Waals surface area contributed by atoms with Crippen LogP contribution in [-0.2, 0) is 6.18 Å². The van der Waals surface area contributed by atoms with Gasteiger partial charge in [-0.1, -0.05) is 6.07 Å². The number of rotatable bonds is 7. The highest BCUT2D eigenvalue weighted by Gasteiger charge is 2.49. The van der Waals surface area contributed by atoms with E-state index in [1.54, 1.807) is 6.07 Å². The molecule has 15 heteroatoms. The molecule has 2 aromatic heterocycles. The first-order valence-corrected chi connectivity index (χ1v) is 14.5. The van der Waals surface area contributed by atoms with Gasteiger partial charge in [0.15, 0.2) is 5.82 Å². The Morgan fingerprint density at radius 3 is 2.75 bits per heavy atom. The molecule has 0 bridgehead atoms. The molecule has 6 rings (SSSR count). The molecule has 2 saturated heterocycles. The number of aromatic nitrogens is 2. The molecule has 2 unspecified atom stereocenters. The van der Waals surface area contributed by atoms with Gasteiger partial charge in [-0.15, -0.1) is 11.3 Å². The molecule has 0 radical (unpaired) electrons. The van der Waals surface area contributed by atoms with E-state index in [0.29, 0.717) is 30.4 Å². The van der Waals surface area contributed by atoms with Crippen LogP contribution >= 0.6 is 11.3 Å². The van der Waals surface area contributed by atoms with E-state index in [4.69, 9.17) is 10.5 Å². The highest BCUT2D eigenvalue weighted by Crippen LogP contribution is 2.48. The van der Waals surface area contributed by atoms with Crippen LogP contribution in [0.25, 0.3) is 32.1 Å². The van der Waals surface area contributed by atoms with Crippen molar-refractivity contribution in [3.05, 3.63) is 41.0 Å². The number of fused-ring (bicyclic) bond motifs is 3. The van der Waals surface area contributed by atoms with Gasteiger partial charge in [-0.25, -0.2) is 17.6 Å². The molecular formula is C29H25F7N6OS. The first-order chi connectivity index (χ1) is 20.9. The minimum Gasteiger partial charge on any atom is -0.461 e. The van der Waals surface area contributed by atoms with Gasteiger partial charge in [-0.2, -0.15) is 28.4 Å². The molecule has 0 saturated carbocycles. The molecule has 232 valence electrons. The van der Waals surface area contributed by atoms with Gasteiger partial charge in [-0.3, -0.25) is 4.90 Å². The second-order valence-electron chi connectivity index (χ2n) is 11.1. The summed E-state index contributed by atoms with van der Waals surface area (Å²) in [5.74, 6) is -2.48. The second kappa shape index (κ2) is 10.9. The van der Waals surface area contributed by atoms with E-state index < -0.39 is 58.4 Å². The molecule has 4 aromatic rings. The third-order valence-electron chi connectivity index (χ3n) is 8.41. The lowest BCUT2D eigenvalue weighted by molar-refractivity contribution is -0.137. The molecule has 2 N–H and O–H groups in total. The monoisotopic (exact) mass is 638 g/mol. The van der Waals surface area contributed by atoms with Crippen molar-refractivity contribution >= 4 is 43.1 Å². The van der Waals surface area contributed by atoms with Crippen molar-refractivity contribution in [1.29, 1.82) is 5.26 Å². The fourth-order valence-electron chi connectivity index (χ4n) is 6.42. The third kappa shape index (κ3) is 4.84. The third-order valence-corrected chi connectivity index (χ3v) is 9.43. The van der Waals surface area contributed by atoms with Crippen LogP contribution < -0.4 is 15.4 Å². The molecule has 2 atom stereocenters. The molecule has 0 amide bonds. The zero-order valence-corrected chi connectivity index (χ0v) is 24.1. The normalized spacial score (nSPS) is 20.4. The minimum absolute atomic E-state index is 0.0431. The van der Waals surface area contributed by atoms with Crippen molar-refractivity contribution in [1.82, 2.24) is 14.9 Å². The number of nitrogens with two attached hydrogens (primary N) is 1. The van der Waals surface area contributed by atoms with E-state index in [1.165, 1.54) is 11.9 Å². The number of nitrogen functional groups attached to an aromatic ring is 1. The molecule has 2 aliphatic rings. The van der Waals surface area contributed by atoms with E-state index in [2.05, 4.69) is 9.97 Å². The smallest absolute Gasteiger partial charge is 0.417 e. The number of thiophene rings is 1. The van der Waals surface area contributed by atoms with Crippen molar-refractivity contribution in [2.75, 3.05) is 50.6 Å². The molecule has 0 spiro atoms. The number of nitriles is 1. The number of hydrogen-bond donors (Lipinski definition) is 1. The van der Waals surface area contributed by atoms with Crippen LogP contribution in [0.2, 0.25) is 0 Å². The summed E-state index contributed by atoms with van der Waals surface area (Å²) in [6, 6.07) is 3.88. The standard InChI is InChI=1S/C29H25F7N6OS/c1-41(8-6-30)26-16-9-18(29(34,35)36)21(15-3-4-19(32)24-20(15)17(11-37)25(38)44-24)22(33)23(16)39-27(40-26)43-13-28-5-2-7-42(28)12-14(31)10-28/h3-4,9,14H,2,5-8,10,12-13,38H2,1H3. The summed E-state index contributed by atoms with van der Waals surface area (Å²) in [7, 11) is 1.38. The van der Waals surface area contributed by atoms with E-state index in [9.17, 15) is 31.6 Å². The van der Waals surface area contributed by atoms with Crippen molar-refractivity contribution in [2.24, 2.45) is 0 Å². The van der Waals surface area contributed by atoms with E-state index >= 15 is 4.39 Å². The van der Waals surface area contributed by atoms with Crippen LogP contribution in [0.5, 0.6) is 6.01 Å². The number of halogens is 7. The van der Waals surface area contributed by atoms with Gasteiger partial charge in [0, 0.05) is 42.9 Å². The fourth-order valence-corrected chi connectivity index (χ4v) is 7.37. The van der Waals surface area contributed by atoms with Gasteiger partial charge in [-0.05, 0) is 37.1 Å². The van der Waals surface area contributed by atoms with Crippen molar-refractivity contribution in [2.45, 2.75) is 37.1 Å². The highest BCUT2D eigenvalue weighted by atomic mass is 32.1. The Morgan fingerprint density at radius 2 is 2.05 bits per heavy atom. The quantitative estimate of drug-likeness (QED) is 0.228. The highest BCUT2D eigenvalue weighted by molar-refractivity contribution is 7.23. The molecule has 2 aliphatic heterocycles. The molecule has 2 aromatic carbocycles. The first kappa shape index (κ1) is 30.1. The van der Waals surface area contributed by atoms with Gasteiger partial charge >= 0.3 is 12.2 Å². The van der Waals surface area contributed by atoms with Gasteiger partial charge < -0.3 is 15.4 Å². The van der Waals surface area contributed by atoms with Crippen LogP contribution in [0.15, 0.2) is 18.2 Å². The van der Waals surface area contributed by atoms with Crippen molar-refractivity contribution in [3.63, 3.8) is 0 Å². The number of alkyl halides is 5. The molecule has 4 heterocycles. The van der Waals surface area contributed by atoms with Crippen LogP contribution in [0.3, 0.4) is 0 Å². The van der Waals surface area contributed by atoms with Gasteiger partial charge in [0.2, 0.25) is 0 Å². The summed E-state index contributed by atoms with van der Waals surface area (Å²) < 4.78 is 109. The summed E-state index contributed by atoms with van der Waals surface area (Å²) in [5, 5.41) is 8.92. The largest absolute Gasteiger partial charge is 0.461 e. The maximum atomic E-state index is 16.6. The average Bonchev–Trinajstić information content (AvgIpc) is 3.61. The first-order valence-electron chi connectivity index (χ1n) is 13.7. The second-order valence-corrected chi connectivity index (χ2v) is 12.1. The lowest BCUT2D eigenvalue weighted by Gasteiger charge is -2.31. The zero-order chi connectivity index (χ0) is 31.6. The predicted molar refractivity (Wildman–Crippen MR) is 152 cm³/mol. The Morgan fingerprint density at radius 1 is 1.27 bits per heavy atom. The van der Waals surface area contributed by atoms with Crippen molar-refractivity contribution < 1.29 is 35.5 Å². The Balaban J connectivity index is 1.59. The van der Waals surface area contributed by atoms with Crippen LogP contribution in [0.4, 0.5) is 41.6 Å². The Labute approximate surface area is 250 Å². The van der Waals surface area contributed by atoms with Crippen LogP contribution in [0, 0.1) is 23.0 Å². The van der Waals surface area contributed by atoms with Gasteiger partial charge in [0.25, 0.3) is 0 Å². The topological polar surface area (TPSA) is 91.3 Å². The Bertz CT molecular complexity index is 1820. The molecule has 0 aliphatic carbocycles. The zero-order valence-electron chi connectivity index (χ0n) is 23.2. The maximum absolute atomic E-state index is 16.6. The van der Waals surface area contributed by atoms with Crippen LogP contribution in [0.1, 0.15) is 30.4 Å². The number of anilines is 2. The summed E-state index contributed by atoms with van der Waals surface area (Å²) in [4.78, 5) is 11.6. The van der Waals surface area contributed by atoms with E-state index in [-0.39, 0.29) is 64.0 Å². The van der Waals surface area contributed by atoms with E-state index in [1.807, 2.05) is 4.90 Å². The Kier molecular flexibility index (Phi) is 7.48. The minimum atomic E-state index is -5.12. The number of benzene rings is 2. The molecular weight excluding hydrogens is 613 g/mol. The maximum Gasteiger partial charge on any atom is 0.417 e. The van der Waals surface area contributed by atoms with Gasteiger partial charge in [0.05, 0.1) is 21.4 Å². The summed E-state index contributed by atoms with van der Waals surface area (Å²) in [5.41, 5.74) is 1.60. The SMILES string of the molecule is CN(CCF)c1nc(OCC23CCCN2CC(F)C3)nc2c(F)c(-c3ccc(F)c4sc(N)c(C#N)c34)c(C(F)(F)F)cc12. The summed E-state index contributed by atoms with van der Waals surface area (Å²) >= 11 is 0.660.